The van der Waals surface area contributed by atoms with Crippen LogP contribution in [0.3, 0.4) is 0 Å². The maximum atomic E-state index is 12.4. The highest BCUT2D eigenvalue weighted by atomic mass is 16.5. The van der Waals surface area contributed by atoms with Gasteiger partial charge in [0, 0.05) is 26.3 Å². The monoisotopic (exact) mass is 308 g/mol. The van der Waals surface area contributed by atoms with Crippen LogP contribution in [-0.2, 0) is 20.9 Å². The highest BCUT2D eigenvalue weighted by Gasteiger charge is 2.32. The van der Waals surface area contributed by atoms with Crippen molar-refractivity contribution in [3.8, 4) is 0 Å². The van der Waals surface area contributed by atoms with E-state index in [1.54, 1.807) is 22.9 Å². The van der Waals surface area contributed by atoms with Crippen molar-refractivity contribution in [2.45, 2.75) is 38.8 Å². The summed E-state index contributed by atoms with van der Waals surface area (Å²) >= 11 is 0. The van der Waals surface area contributed by atoms with Gasteiger partial charge >= 0.3 is 0 Å². The van der Waals surface area contributed by atoms with Crippen LogP contribution >= 0.6 is 0 Å². The van der Waals surface area contributed by atoms with Crippen LogP contribution in [0.25, 0.3) is 0 Å². The summed E-state index contributed by atoms with van der Waals surface area (Å²) in [5, 5.41) is 7.05. The first kappa shape index (κ1) is 16.5. The molecule has 1 N–H and O–H groups in total. The van der Waals surface area contributed by atoms with Gasteiger partial charge in [-0.25, -0.2) is 0 Å². The first-order valence-electron chi connectivity index (χ1n) is 7.74. The maximum absolute atomic E-state index is 12.4. The number of carbonyl (C=O) groups excluding carboxylic acids is 2. The SMILES string of the molecule is CCCCC(=O)N1Cc2ccnn2[C@@H](C(=O)NCCOC)C1. The Morgan fingerprint density at radius 1 is 1.50 bits per heavy atom. The Hall–Kier alpha value is -1.89. The van der Waals surface area contributed by atoms with E-state index >= 15 is 0 Å². The van der Waals surface area contributed by atoms with Crippen molar-refractivity contribution in [1.82, 2.24) is 20.0 Å². The van der Waals surface area contributed by atoms with Gasteiger partial charge in [0.15, 0.2) is 0 Å². The summed E-state index contributed by atoms with van der Waals surface area (Å²) in [6.07, 6.45) is 4.06. The van der Waals surface area contributed by atoms with Crippen molar-refractivity contribution in [3.63, 3.8) is 0 Å². The molecule has 7 nitrogen and oxygen atoms in total. The van der Waals surface area contributed by atoms with Crippen molar-refractivity contribution in [2.24, 2.45) is 0 Å². The summed E-state index contributed by atoms with van der Waals surface area (Å²) in [5.41, 5.74) is 0.892. The number of aromatic nitrogens is 2. The lowest BCUT2D eigenvalue weighted by Crippen LogP contribution is -2.47. The molecule has 1 aliphatic rings. The number of amides is 2. The third-order valence-corrected chi connectivity index (χ3v) is 3.80. The van der Waals surface area contributed by atoms with Gasteiger partial charge in [0.05, 0.1) is 25.4 Å². The highest BCUT2D eigenvalue weighted by molar-refractivity contribution is 5.82. The Bertz CT molecular complexity index is 515. The number of unbranched alkanes of at least 4 members (excludes halogenated alkanes) is 1. The number of nitrogens with zero attached hydrogens (tertiary/aromatic N) is 3. The quantitative estimate of drug-likeness (QED) is 0.753. The number of rotatable bonds is 7. The van der Waals surface area contributed by atoms with E-state index in [0.29, 0.717) is 32.7 Å². The van der Waals surface area contributed by atoms with Gasteiger partial charge in [-0.3, -0.25) is 14.3 Å². The first-order valence-corrected chi connectivity index (χ1v) is 7.74. The Balaban J connectivity index is 2.05. The zero-order valence-electron chi connectivity index (χ0n) is 13.2. The number of hydrogen-bond acceptors (Lipinski definition) is 4. The fourth-order valence-electron chi connectivity index (χ4n) is 2.56. The zero-order chi connectivity index (χ0) is 15.9. The summed E-state index contributed by atoms with van der Waals surface area (Å²) in [5.74, 6) is -0.0287. The van der Waals surface area contributed by atoms with Gasteiger partial charge in [-0.15, -0.1) is 0 Å². The number of hydrogen-bond donors (Lipinski definition) is 1. The van der Waals surface area contributed by atoms with Gasteiger partial charge in [0.2, 0.25) is 11.8 Å². The molecule has 0 fully saturated rings. The lowest BCUT2D eigenvalue weighted by Gasteiger charge is -2.33. The van der Waals surface area contributed by atoms with Crippen LogP contribution in [-0.4, -0.2) is 53.3 Å². The van der Waals surface area contributed by atoms with Gasteiger partial charge in [0.1, 0.15) is 6.04 Å². The van der Waals surface area contributed by atoms with Crippen LogP contribution in [0.5, 0.6) is 0 Å². The van der Waals surface area contributed by atoms with Gasteiger partial charge < -0.3 is 15.0 Å². The number of methoxy groups -OCH3 is 1. The molecule has 0 aromatic carbocycles. The van der Waals surface area contributed by atoms with Gasteiger partial charge in [-0.05, 0) is 12.5 Å². The molecule has 2 heterocycles. The van der Waals surface area contributed by atoms with E-state index in [2.05, 4.69) is 17.3 Å². The third-order valence-electron chi connectivity index (χ3n) is 3.80. The van der Waals surface area contributed by atoms with E-state index in [0.717, 1.165) is 18.5 Å². The molecule has 22 heavy (non-hydrogen) atoms. The fourth-order valence-corrected chi connectivity index (χ4v) is 2.56. The van der Waals surface area contributed by atoms with E-state index in [4.69, 9.17) is 4.74 Å². The second-order valence-corrected chi connectivity index (χ2v) is 5.44. The molecule has 0 saturated carbocycles. The second-order valence-electron chi connectivity index (χ2n) is 5.44. The maximum Gasteiger partial charge on any atom is 0.246 e. The second kappa shape index (κ2) is 7.93. The summed E-state index contributed by atoms with van der Waals surface area (Å²) in [7, 11) is 1.59. The molecular formula is C15H24N4O3. The molecule has 0 unspecified atom stereocenters. The highest BCUT2D eigenvalue weighted by Crippen LogP contribution is 2.21. The van der Waals surface area contributed by atoms with E-state index in [1.807, 2.05) is 6.07 Å². The summed E-state index contributed by atoms with van der Waals surface area (Å²) in [6, 6.07) is 1.38. The minimum absolute atomic E-state index is 0.101. The van der Waals surface area contributed by atoms with Gasteiger partial charge in [-0.2, -0.15) is 5.10 Å². The van der Waals surface area contributed by atoms with Crippen molar-refractivity contribution in [1.29, 1.82) is 0 Å². The third kappa shape index (κ3) is 3.85. The molecule has 0 spiro atoms. The van der Waals surface area contributed by atoms with E-state index in [-0.39, 0.29) is 11.8 Å². The Labute approximate surface area is 130 Å². The van der Waals surface area contributed by atoms with Gasteiger partial charge in [0.25, 0.3) is 0 Å². The van der Waals surface area contributed by atoms with Crippen molar-refractivity contribution in [3.05, 3.63) is 18.0 Å². The van der Waals surface area contributed by atoms with Crippen LogP contribution in [0, 0.1) is 0 Å². The molecule has 0 saturated heterocycles. The topological polar surface area (TPSA) is 76.5 Å². The summed E-state index contributed by atoms with van der Waals surface area (Å²) in [6.45, 7) is 3.86. The molecule has 0 radical (unpaired) electrons. The molecule has 1 atom stereocenters. The molecule has 1 aromatic rings. The average molecular weight is 308 g/mol. The first-order chi connectivity index (χ1) is 10.7. The zero-order valence-corrected chi connectivity index (χ0v) is 13.2. The molecule has 2 amide bonds. The van der Waals surface area contributed by atoms with Crippen LogP contribution in [0.2, 0.25) is 0 Å². The fraction of sp³-hybridized carbons (Fsp3) is 0.667. The summed E-state index contributed by atoms with van der Waals surface area (Å²) in [4.78, 5) is 26.4. The molecule has 2 rings (SSSR count). The smallest absolute Gasteiger partial charge is 0.246 e. The standard InChI is InChI=1S/C15H24N4O3/c1-3-4-5-14(20)18-10-12-6-7-17-19(12)13(11-18)15(21)16-8-9-22-2/h6-7,13H,3-5,8-11H2,1-2H3,(H,16,21)/t13-/m1/s1. The van der Waals surface area contributed by atoms with E-state index in [9.17, 15) is 9.59 Å². The van der Waals surface area contributed by atoms with Crippen molar-refractivity contribution in [2.75, 3.05) is 26.8 Å². The molecule has 0 bridgehead atoms. The molecule has 1 aromatic heterocycles. The lowest BCUT2D eigenvalue weighted by atomic mass is 10.1. The lowest BCUT2D eigenvalue weighted by molar-refractivity contribution is -0.135. The van der Waals surface area contributed by atoms with Gasteiger partial charge in [-0.1, -0.05) is 13.3 Å². The average Bonchev–Trinajstić information content (AvgIpc) is 3.00. The predicted molar refractivity (Wildman–Crippen MR) is 81.1 cm³/mol. The van der Waals surface area contributed by atoms with Crippen LogP contribution < -0.4 is 5.32 Å². The van der Waals surface area contributed by atoms with Crippen molar-refractivity contribution < 1.29 is 14.3 Å². The molecular weight excluding hydrogens is 284 g/mol. The minimum atomic E-state index is -0.471. The number of carbonyl (C=O) groups is 2. The number of nitrogens with one attached hydrogen (secondary N) is 1. The Morgan fingerprint density at radius 2 is 2.32 bits per heavy atom. The normalized spacial score (nSPS) is 17.2. The van der Waals surface area contributed by atoms with Crippen LogP contribution in [0.15, 0.2) is 12.3 Å². The van der Waals surface area contributed by atoms with E-state index < -0.39 is 6.04 Å². The molecule has 122 valence electrons. The van der Waals surface area contributed by atoms with Crippen LogP contribution in [0.4, 0.5) is 0 Å². The number of ether oxygens (including phenoxy) is 1. The van der Waals surface area contributed by atoms with Crippen molar-refractivity contribution >= 4 is 11.8 Å². The minimum Gasteiger partial charge on any atom is -0.383 e. The van der Waals surface area contributed by atoms with Crippen LogP contribution in [0.1, 0.15) is 37.9 Å². The number of fused-ring (bicyclic) bond motifs is 1. The molecule has 0 aliphatic carbocycles. The Kier molecular flexibility index (Phi) is 5.94. The molecule has 1 aliphatic heterocycles. The predicted octanol–water partition coefficient (Wildman–Crippen LogP) is 0.719. The molecule has 7 heteroatoms. The van der Waals surface area contributed by atoms with E-state index in [1.165, 1.54) is 0 Å². The Morgan fingerprint density at radius 3 is 3.05 bits per heavy atom. The largest absolute Gasteiger partial charge is 0.383 e. The summed E-state index contributed by atoms with van der Waals surface area (Å²) < 4.78 is 6.65.